The first-order valence-corrected chi connectivity index (χ1v) is 8.70. The van der Waals surface area contributed by atoms with Crippen LogP contribution in [0.3, 0.4) is 0 Å². The third kappa shape index (κ3) is 2.63. The van der Waals surface area contributed by atoms with E-state index in [0.717, 1.165) is 16.4 Å². The Hall–Kier alpha value is -2.47. The van der Waals surface area contributed by atoms with Crippen molar-refractivity contribution < 1.29 is 19.1 Å². The highest BCUT2D eigenvalue weighted by atomic mass is 32.2. The number of hydrogen-bond donors (Lipinski definition) is 0. The number of fused-ring (bicyclic) bond motifs is 2. The molecule has 0 saturated heterocycles. The van der Waals surface area contributed by atoms with Crippen LogP contribution in [0.4, 0.5) is 0 Å². The van der Waals surface area contributed by atoms with E-state index in [1.807, 2.05) is 18.2 Å². The maximum atomic E-state index is 12.3. The molecule has 122 valence electrons. The van der Waals surface area contributed by atoms with Crippen LogP contribution in [0.15, 0.2) is 47.4 Å². The van der Waals surface area contributed by atoms with Gasteiger partial charge in [0.25, 0.3) is 11.8 Å². The lowest BCUT2D eigenvalue weighted by atomic mass is 10.1. The summed E-state index contributed by atoms with van der Waals surface area (Å²) in [6, 6.07) is 12.7. The average molecular weight is 341 g/mol. The molecule has 0 unspecified atom stereocenters. The number of carbonyl (C=O) groups is 2. The summed E-state index contributed by atoms with van der Waals surface area (Å²) in [4.78, 5) is 26.9. The van der Waals surface area contributed by atoms with Gasteiger partial charge in [-0.25, -0.2) is 0 Å². The molecule has 0 N–H and O–H groups in total. The van der Waals surface area contributed by atoms with Gasteiger partial charge in [0.05, 0.1) is 11.1 Å². The molecular weight excluding hydrogens is 326 g/mol. The van der Waals surface area contributed by atoms with Crippen LogP contribution >= 0.6 is 11.8 Å². The number of rotatable bonds is 4. The number of imide groups is 1. The zero-order chi connectivity index (χ0) is 16.5. The van der Waals surface area contributed by atoms with Gasteiger partial charge in [-0.1, -0.05) is 12.1 Å². The Kier molecular flexibility index (Phi) is 3.90. The highest BCUT2D eigenvalue weighted by molar-refractivity contribution is 7.99. The van der Waals surface area contributed by atoms with E-state index in [4.69, 9.17) is 9.47 Å². The molecule has 0 saturated carbocycles. The highest BCUT2D eigenvalue weighted by Crippen LogP contribution is 2.34. The molecule has 0 bridgehead atoms. The fourth-order valence-electron chi connectivity index (χ4n) is 2.81. The Morgan fingerprint density at radius 1 is 0.917 bits per heavy atom. The van der Waals surface area contributed by atoms with Gasteiger partial charge in [-0.2, -0.15) is 0 Å². The fourth-order valence-corrected chi connectivity index (χ4v) is 3.67. The van der Waals surface area contributed by atoms with Crippen LogP contribution in [-0.2, 0) is 0 Å². The SMILES string of the molecule is O=C1c2ccccc2C(=O)N1CCSc1ccc2c(c1)OCCO2. The average Bonchev–Trinajstić information content (AvgIpc) is 2.87. The van der Waals surface area contributed by atoms with E-state index in [1.165, 1.54) is 4.90 Å². The van der Waals surface area contributed by atoms with Crippen LogP contribution in [0.1, 0.15) is 20.7 Å². The van der Waals surface area contributed by atoms with Crippen LogP contribution in [-0.4, -0.2) is 42.2 Å². The molecule has 6 heteroatoms. The third-order valence-electron chi connectivity index (χ3n) is 3.98. The van der Waals surface area contributed by atoms with Gasteiger partial charge >= 0.3 is 0 Å². The quantitative estimate of drug-likeness (QED) is 0.632. The van der Waals surface area contributed by atoms with E-state index < -0.39 is 0 Å². The minimum Gasteiger partial charge on any atom is -0.486 e. The number of ether oxygens (including phenoxy) is 2. The standard InChI is InChI=1S/C18H15NO4S/c20-17-13-3-1-2-4-14(13)18(21)19(17)7-10-24-12-5-6-15-16(11-12)23-9-8-22-15/h1-6,11H,7-10H2. The monoisotopic (exact) mass is 341 g/mol. The molecule has 2 aromatic rings. The zero-order valence-electron chi connectivity index (χ0n) is 12.9. The number of benzene rings is 2. The molecule has 2 amide bonds. The second-order valence-corrected chi connectivity index (χ2v) is 6.63. The fraction of sp³-hybridized carbons (Fsp3) is 0.222. The number of nitrogens with zero attached hydrogens (tertiary/aromatic N) is 1. The molecule has 0 atom stereocenters. The largest absolute Gasteiger partial charge is 0.486 e. The van der Waals surface area contributed by atoms with Gasteiger partial charge < -0.3 is 9.47 Å². The highest BCUT2D eigenvalue weighted by Gasteiger charge is 2.34. The summed E-state index contributed by atoms with van der Waals surface area (Å²) in [6.45, 7) is 1.50. The molecule has 0 aliphatic carbocycles. The third-order valence-corrected chi connectivity index (χ3v) is 4.95. The van der Waals surface area contributed by atoms with E-state index in [0.29, 0.717) is 36.6 Å². The predicted molar refractivity (Wildman–Crippen MR) is 90.0 cm³/mol. The van der Waals surface area contributed by atoms with Crippen molar-refractivity contribution in [1.82, 2.24) is 4.90 Å². The molecule has 0 fully saturated rings. The van der Waals surface area contributed by atoms with Gasteiger partial charge in [-0.05, 0) is 30.3 Å². The van der Waals surface area contributed by atoms with Gasteiger partial charge in [-0.3, -0.25) is 14.5 Å². The zero-order valence-corrected chi connectivity index (χ0v) is 13.7. The Balaban J connectivity index is 1.40. The molecule has 4 rings (SSSR count). The summed E-state index contributed by atoms with van der Waals surface area (Å²) in [6.07, 6.45) is 0. The second-order valence-electron chi connectivity index (χ2n) is 5.46. The first-order valence-electron chi connectivity index (χ1n) is 7.72. The van der Waals surface area contributed by atoms with Gasteiger partial charge in [0.15, 0.2) is 11.5 Å². The smallest absolute Gasteiger partial charge is 0.261 e. The first kappa shape index (κ1) is 15.1. The molecule has 2 aromatic carbocycles. The summed E-state index contributed by atoms with van der Waals surface area (Å²) in [5.41, 5.74) is 0.985. The van der Waals surface area contributed by atoms with Crippen molar-refractivity contribution in [3.63, 3.8) is 0 Å². The van der Waals surface area contributed by atoms with Gasteiger partial charge in [0, 0.05) is 17.2 Å². The van der Waals surface area contributed by atoms with Gasteiger partial charge in [-0.15, -0.1) is 11.8 Å². The summed E-state index contributed by atoms with van der Waals surface area (Å²) in [5.74, 6) is 1.71. The van der Waals surface area contributed by atoms with Crippen LogP contribution < -0.4 is 9.47 Å². The lowest BCUT2D eigenvalue weighted by molar-refractivity contribution is 0.0664. The molecule has 0 aromatic heterocycles. The van der Waals surface area contributed by atoms with Crippen LogP contribution in [0.5, 0.6) is 11.5 Å². The molecule has 2 heterocycles. The van der Waals surface area contributed by atoms with Crippen molar-refractivity contribution in [3.8, 4) is 11.5 Å². The minimum atomic E-state index is -0.210. The number of thioether (sulfide) groups is 1. The predicted octanol–water partition coefficient (Wildman–Crippen LogP) is 2.85. The molecule has 0 radical (unpaired) electrons. The van der Waals surface area contributed by atoms with Crippen molar-refractivity contribution in [2.45, 2.75) is 4.90 Å². The summed E-state index contributed by atoms with van der Waals surface area (Å²) < 4.78 is 11.1. The van der Waals surface area contributed by atoms with Crippen molar-refractivity contribution in [2.24, 2.45) is 0 Å². The molecule has 5 nitrogen and oxygen atoms in total. The number of hydrogen-bond acceptors (Lipinski definition) is 5. The molecule has 2 aliphatic rings. The van der Waals surface area contributed by atoms with E-state index in [1.54, 1.807) is 36.0 Å². The van der Waals surface area contributed by atoms with Crippen LogP contribution in [0.2, 0.25) is 0 Å². The minimum absolute atomic E-state index is 0.210. The number of carbonyl (C=O) groups excluding carboxylic acids is 2. The van der Waals surface area contributed by atoms with Gasteiger partial charge in [0.2, 0.25) is 0 Å². The maximum absolute atomic E-state index is 12.3. The van der Waals surface area contributed by atoms with Crippen LogP contribution in [0, 0.1) is 0 Å². The van der Waals surface area contributed by atoms with Crippen molar-refractivity contribution >= 4 is 23.6 Å². The Labute approximate surface area is 143 Å². The molecule has 0 spiro atoms. The first-order chi connectivity index (χ1) is 11.7. The summed E-state index contributed by atoms with van der Waals surface area (Å²) in [7, 11) is 0. The molecule has 2 aliphatic heterocycles. The Morgan fingerprint density at radius 3 is 2.29 bits per heavy atom. The Bertz CT molecular complexity index is 785. The van der Waals surface area contributed by atoms with Crippen LogP contribution in [0.25, 0.3) is 0 Å². The van der Waals surface area contributed by atoms with Crippen molar-refractivity contribution in [1.29, 1.82) is 0 Å². The summed E-state index contributed by atoms with van der Waals surface area (Å²) in [5, 5.41) is 0. The molecular formula is C18H15NO4S. The van der Waals surface area contributed by atoms with E-state index in [2.05, 4.69) is 0 Å². The van der Waals surface area contributed by atoms with E-state index in [-0.39, 0.29) is 11.8 Å². The van der Waals surface area contributed by atoms with E-state index >= 15 is 0 Å². The second kappa shape index (κ2) is 6.20. The topological polar surface area (TPSA) is 55.8 Å². The summed E-state index contributed by atoms with van der Waals surface area (Å²) >= 11 is 1.58. The van der Waals surface area contributed by atoms with Crippen molar-refractivity contribution in [2.75, 3.05) is 25.5 Å². The lowest BCUT2D eigenvalue weighted by Crippen LogP contribution is -2.31. The maximum Gasteiger partial charge on any atom is 0.261 e. The molecule has 24 heavy (non-hydrogen) atoms. The Morgan fingerprint density at radius 2 is 1.58 bits per heavy atom. The van der Waals surface area contributed by atoms with Crippen molar-refractivity contribution in [3.05, 3.63) is 53.6 Å². The lowest BCUT2D eigenvalue weighted by Gasteiger charge is -2.19. The van der Waals surface area contributed by atoms with Gasteiger partial charge in [0.1, 0.15) is 13.2 Å². The number of amides is 2. The normalized spacial score (nSPS) is 15.6. The van der Waals surface area contributed by atoms with E-state index in [9.17, 15) is 9.59 Å².